The molecule has 1 unspecified atom stereocenters. The van der Waals surface area contributed by atoms with Crippen molar-refractivity contribution < 1.29 is 0 Å². The Balaban J connectivity index is 2.20. The Labute approximate surface area is 114 Å². The molecule has 0 spiro atoms. The van der Waals surface area contributed by atoms with Gasteiger partial charge in [-0.2, -0.15) is 5.26 Å². The number of aryl methyl sites for hydroxylation is 2. The van der Waals surface area contributed by atoms with Crippen LogP contribution in [0.25, 0.3) is 0 Å². The Morgan fingerprint density at radius 1 is 1.05 bits per heavy atom. The summed E-state index contributed by atoms with van der Waals surface area (Å²) in [7, 11) is 0. The van der Waals surface area contributed by atoms with Crippen molar-refractivity contribution in [1.29, 1.82) is 5.26 Å². The molecule has 0 heterocycles. The molecule has 0 aliphatic rings. The Bertz CT molecular complexity index is 603. The molecule has 0 saturated heterocycles. The smallest absolute Gasteiger partial charge is 0.0991 e. The Morgan fingerprint density at radius 3 is 2.37 bits per heavy atom. The van der Waals surface area contributed by atoms with Crippen molar-refractivity contribution in [2.75, 3.05) is 5.32 Å². The summed E-state index contributed by atoms with van der Waals surface area (Å²) in [4.78, 5) is 0. The van der Waals surface area contributed by atoms with Crippen molar-refractivity contribution in [2.24, 2.45) is 0 Å². The predicted molar refractivity (Wildman–Crippen MR) is 79.1 cm³/mol. The molecule has 2 heteroatoms. The number of nitriles is 1. The van der Waals surface area contributed by atoms with Crippen LogP contribution in [-0.4, -0.2) is 0 Å². The van der Waals surface area contributed by atoms with Crippen LogP contribution in [-0.2, 0) is 0 Å². The van der Waals surface area contributed by atoms with E-state index in [0.717, 1.165) is 11.3 Å². The molecule has 0 amide bonds. The Morgan fingerprint density at radius 2 is 1.74 bits per heavy atom. The van der Waals surface area contributed by atoms with Crippen molar-refractivity contribution in [3.63, 3.8) is 0 Å². The third-order valence-electron chi connectivity index (χ3n) is 3.12. The van der Waals surface area contributed by atoms with Gasteiger partial charge in [0.1, 0.15) is 0 Å². The summed E-state index contributed by atoms with van der Waals surface area (Å²) in [5.41, 5.74) is 5.44. The summed E-state index contributed by atoms with van der Waals surface area (Å²) in [5.74, 6) is 0. The summed E-state index contributed by atoms with van der Waals surface area (Å²) in [6.45, 7) is 6.30. The van der Waals surface area contributed by atoms with Crippen molar-refractivity contribution in [2.45, 2.75) is 26.8 Å². The van der Waals surface area contributed by atoms with Crippen LogP contribution in [0.2, 0.25) is 0 Å². The monoisotopic (exact) mass is 250 g/mol. The summed E-state index contributed by atoms with van der Waals surface area (Å²) >= 11 is 0. The molecular weight excluding hydrogens is 232 g/mol. The molecular formula is C17H18N2. The standard InChI is InChI=1S/C17H18N2/c1-12-7-13(2)9-17(8-12)19-14(3)16-6-4-5-15(10-16)11-18/h4-10,14,19H,1-3H3. The van der Waals surface area contributed by atoms with Gasteiger partial charge in [-0.1, -0.05) is 18.2 Å². The van der Waals surface area contributed by atoms with Crippen molar-refractivity contribution in [1.82, 2.24) is 0 Å². The highest BCUT2D eigenvalue weighted by molar-refractivity contribution is 5.50. The van der Waals surface area contributed by atoms with Gasteiger partial charge in [0.05, 0.1) is 11.6 Å². The van der Waals surface area contributed by atoms with E-state index in [1.165, 1.54) is 11.1 Å². The van der Waals surface area contributed by atoms with Crippen molar-refractivity contribution in [3.05, 3.63) is 64.7 Å². The second kappa shape index (κ2) is 5.58. The van der Waals surface area contributed by atoms with Gasteiger partial charge in [-0.05, 0) is 61.7 Å². The zero-order valence-electron chi connectivity index (χ0n) is 11.6. The lowest BCUT2D eigenvalue weighted by Crippen LogP contribution is -2.07. The first-order valence-electron chi connectivity index (χ1n) is 6.43. The van der Waals surface area contributed by atoms with Gasteiger partial charge in [0.25, 0.3) is 0 Å². The minimum Gasteiger partial charge on any atom is -0.379 e. The van der Waals surface area contributed by atoms with E-state index in [4.69, 9.17) is 5.26 Å². The van der Waals surface area contributed by atoms with E-state index in [-0.39, 0.29) is 6.04 Å². The molecule has 0 aliphatic carbocycles. The molecule has 2 aromatic rings. The maximum absolute atomic E-state index is 8.94. The van der Waals surface area contributed by atoms with Crippen molar-refractivity contribution in [3.8, 4) is 6.07 Å². The van der Waals surface area contributed by atoms with Crippen LogP contribution in [0, 0.1) is 25.2 Å². The molecule has 1 N–H and O–H groups in total. The minimum absolute atomic E-state index is 0.175. The Hall–Kier alpha value is -2.27. The molecule has 0 radical (unpaired) electrons. The van der Waals surface area contributed by atoms with E-state index in [2.05, 4.69) is 50.4 Å². The van der Waals surface area contributed by atoms with Gasteiger partial charge in [-0.15, -0.1) is 0 Å². The fraction of sp³-hybridized carbons (Fsp3) is 0.235. The molecule has 19 heavy (non-hydrogen) atoms. The number of hydrogen-bond donors (Lipinski definition) is 1. The van der Waals surface area contributed by atoms with Crippen LogP contribution >= 0.6 is 0 Å². The zero-order chi connectivity index (χ0) is 13.8. The average molecular weight is 250 g/mol. The topological polar surface area (TPSA) is 35.8 Å². The van der Waals surface area contributed by atoms with E-state index in [0.29, 0.717) is 5.56 Å². The van der Waals surface area contributed by atoms with E-state index in [9.17, 15) is 0 Å². The third kappa shape index (κ3) is 3.35. The number of nitrogens with zero attached hydrogens (tertiary/aromatic N) is 1. The number of rotatable bonds is 3. The van der Waals surface area contributed by atoms with E-state index in [1.54, 1.807) is 0 Å². The highest BCUT2D eigenvalue weighted by atomic mass is 14.9. The summed E-state index contributed by atoms with van der Waals surface area (Å²) in [6.07, 6.45) is 0. The van der Waals surface area contributed by atoms with Gasteiger partial charge in [0.2, 0.25) is 0 Å². The predicted octanol–water partition coefficient (Wildman–Crippen LogP) is 4.35. The van der Waals surface area contributed by atoms with E-state index in [1.807, 2.05) is 24.3 Å². The maximum Gasteiger partial charge on any atom is 0.0991 e. The second-order valence-electron chi connectivity index (χ2n) is 4.98. The number of hydrogen-bond acceptors (Lipinski definition) is 2. The lowest BCUT2D eigenvalue weighted by atomic mass is 10.0. The van der Waals surface area contributed by atoms with E-state index >= 15 is 0 Å². The number of benzene rings is 2. The summed E-state index contributed by atoms with van der Waals surface area (Å²) < 4.78 is 0. The van der Waals surface area contributed by atoms with E-state index < -0.39 is 0 Å². The zero-order valence-corrected chi connectivity index (χ0v) is 11.6. The quantitative estimate of drug-likeness (QED) is 0.879. The normalized spacial score (nSPS) is 11.7. The van der Waals surface area contributed by atoms with Gasteiger partial charge in [0, 0.05) is 11.7 Å². The second-order valence-corrected chi connectivity index (χ2v) is 4.98. The first kappa shape index (κ1) is 13.2. The van der Waals surface area contributed by atoms with Crippen LogP contribution in [0.3, 0.4) is 0 Å². The van der Waals surface area contributed by atoms with Gasteiger partial charge in [-0.3, -0.25) is 0 Å². The van der Waals surface area contributed by atoms with Gasteiger partial charge < -0.3 is 5.32 Å². The lowest BCUT2D eigenvalue weighted by Gasteiger charge is -2.17. The molecule has 0 bridgehead atoms. The molecule has 96 valence electrons. The number of nitrogens with one attached hydrogen (secondary N) is 1. The molecule has 0 aliphatic heterocycles. The molecule has 0 aromatic heterocycles. The summed E-state index contributed by atoms with van der Waals surface area (Å²) in [5, 5.41) is 12.4. The van der Waals surface area contributed by atoms with Crippen LogP contribution in [0.15, 0.2) is 42.5 Å². The van der Waals surface area contributed by atoms with Crippen LogP contribution in [0.4, 0.5) is 5.69 Å². The lowest BCUT2D eigenvalue weighted by molar-refractivity contribution is 0.883. The van der Waals surface area contributed by atoms with Crippen LogP contribution < -0.4 is 5.32 Å². The Kier molecular flexibility index (Phi) is 3.87. The first-order chi connectivity index (χ1) is 9.08. The highest BCUT2D eigenvalue weighted by Gasteiger charge is 2.06. The third-order valence-corrected chi connectivity index (χ3v) is 3.12. The fourth-order valence-corrected chi connectivity index (χ4v) is 2.27. The maximum atomic E-state index is 8.94. The molecule has 0 fully saturated rings. The minimum atomic E-state index is 0.175. The molecule has 1 atom stereocenters. The fourth-order valence-electron chi connectivity index (χ4n) is 2.27. The summed E-state index contributed by atoms with van der Waals surface area (Å²) in [6, 6.07) is 16.5. The SMILES string of the molecule is Cc1cc(C)cc(NC(C)c2cccc(C#N)c2)c1. The highest BCUT2D eigenvalue weighted by Crippen LogP contribution is 2.21. The van der Waals surface area contributed by atoms with Crippen molar-refractivity contribution >= 4 is 5.69 Å². The van der Waals surface area contributed by atoms with Gasteiger partial charge in [-0.25, -0.2) is 0 Å². The largest absolute Gasteiger partial charge is 0.379 e. The van der Waals surface area contributed by atoms with Gasteiger partial charge in [0.15, 0.2) is 0 Å². The molecule has 2 nitrogen and oxygen atoms in total. The average Bonchev–Trinajstić information content (AvgIpc) is 2.37. The molecule has 0 saturated carbocycles. The van der Waals surface area contributed by atoms with Crippen LogP contribution in [0.1, 0.15) is 35.2 Å². The first-order valence-corrected chi connectivity index (χ1v) is 6.43. The molecule has 2 rings (SSSR count). The van der Waals surface area contributed by atoms with Gasteiger partial charge >= 0.3 is 0 Å². The molecule has 2 aromatic carbocycles. The number of anilines is 1. The van der Waals surface area contributed by atoms with Crippen LogP contribution in [0.5, 0.6) is 0 Å².